The van der Waals surface area contributed by atoms with E-state index < -0.39 is 0 Å². The van der Waals surface area contributed by atoms with E-state index in [-0.39, 0.29) is 17.1 Å². The highest BCUT2D eigenvalue weighted by atomic mass is 16.6. The average Bonchev–Trinajstić information content (AvgIpc) is 3.03. The number of nitrogens with one attached hydrogen (secondary N) is 1. The van der Waals surface area contributed by atoms with Gasteiger partial charge in [0, 0.05) is 18.1 Å². The van der Waals surface area contributed by atoms with Crippen LogP contribution in [0, 0.1) is 5.41 Å². The largest absolute Gasteiger partial charge is 0.441 e. The first-order valence-electron chi connectivity index (χ1n) is 7.81. The molecule has 2 aromatic heterocycles. The topological polar surface area (TPSA) is 69.0 Å². The number of pyridine rings is 1. The van der Waals surface area contributed by atoms with Crippen LogP contribution in [0.15, 0.2) is 24.5 Å². The van der Waals surface area contributed by atoms with Gasteiger partial charge in [0.2, 0.25) is 0 Å². The lowest BCUT2D eigenvalue weighted by Gasteiger charge is -2.42. The van der Waals surface area contributed by atoms with Crippen molar-refractivity contribution < 1.29 is 9.53 Å². The van der Waals surface area contributed by atoms with E-state index >= 15 is 0 Å². The number of amides is 1. The van der Waals surface area contributed by atoms with Gasteiger partial charge < -0.3 is 10.1 Å². The molecule has 0 aromatic carbocycles. The van der Waals surface area contributed by atoms with Crippen molar-refractivity contribution >= 4 is 17.1 Å². The molecule has 2 aromatic rings. The van der Waals surface area contributed by atoms with Gasteiger partial charge >= 0.3 is 6.09 Å². The van der Waals surface area contributed by atoms with Crippen molar-refractivity contribution in [1.29, 1.82) is 0 Å². The minimum absolute atomic E-state index is 0.0566. The summed E-state index contributed by atoms with van der Waals surface area (Å²) in [7, 11) is 0. The van der Waals surface area contributed by atoms with Crippen molar-refractivity contribution in [2.24, 2.45) is 5.41 Å². The molecule has 1 N–H and O–H groups in total. The highest BCUT2D eigenvalue weighted by Gasteiger charge is 2.48. The van der Waals surface area contributed by atoms with Gasteiger partial charge in [0.15, 0.2) is 5.65 Å². The number of rotatable bonds is 2. The molecule has 2 atom stereocenters. The SMILES string of the molecule is CC1(Cn2ncc3cccnc32)CCCC2(CNC(=O)O2)C1. The van der Waals surface area contributed by atoms with E-state index in [1.807, 2.05) is 23.0 Å². The number of alkyl carbamates (subject to hydrolysis) is 1. The first-order valence-corrected chi connectivity index (χ1v) is 7.81. The maximum atomic E-state index is 11.5. The van der Waals surface area contributed by atoms with Crippen LogP contribution in [0.3, 0.4) is 0 Å². The lowest BCUT2D eigenvalue weighted by Crippen LogP contribution is -2.44. The molecule has 0 radical (unpaired) electrons. The van der Waals surface area contributed by atoms with Gasteiger partial charge in [0.25, 0.3) is 0 Å². The Kier molecular flexibility index (Phi) is 2.89. The third-order valence-corrected chi connectivity index (χ3v) is 4.95. The van der Waals surface area contributed by atoms with Gasteiger partial charge in [0.1, 0.15) is 5.60 Å². The lowest BCUT2D eigenvalue weighted by atomic mass is 9.68. The Balaban J connectivity index is 1.60. The summed E-state index contributed by atoms with van der Waals surface area (Å²) in [5.41, 5.74) is 0.645. The number of aromatic nitrogens is 3. The van der Waals surface area contributed by atoms with Gasteiger partial charge in [-0.15, -0.1) is 0 Å². The molecule has 22 heavy (non-hydrogen) atoms. The predicted molar refractivity (Wildman–Crippen MR) is 81.3 cm³/mol. The van der Waals surface area contributed by atoms with E-state index in [4.69, 9.17) is 4.74 Å². The highest BCUT2D eigenvalue weighted by molar-refractivity contribution is 5.73. The minimum atomic E-state index is -0.333. The normalized spacial score (nSPS) is 31.4. The summed E-state index contributed by atoms with van der Waals surface area (Å²) in [6.07, 6.45) is 7.37. The fourth-order valence-electron chi connectivity index (χ4n) is 4.06. The quantitative estimate of drug-likeness (QED) is 0.925. The third-order valence-electron chi connectivity index (χ3n) is 4.95. The zero-order valence-electron chi connectivity index (χ0n) is 12.7. The second kappa shape index (κ2) is 4.69. The zero-order valence-corrected chi connectivity index (χ0v) is 12.7. The van der Waals surface area contributed by atoms with Crippen LogP contribution in [0.1, 0.15) is 32.6 Å². The molecule has 2 unspecified atom stereocenters. The van der Waals surface area contributed by atoms with Crippen molar-refractivity contribution in [3.05, 3.63) is 24.5 Å². The Morgan fingerprint density at radius 2 is 2.36 bits per heavy atom. The van der Waals surface area contributed by atoms with Crippen molar-refractivity contribution in [2.75, 3.05) is 6.54 Å². The first-order chi connectivity index (χ1) is 10.6. The Morgan fingerprint density at radius 3 is 3.18 bits per heavy atom. The van der Waals surface area contributed by atoms with E-state index in [0.717, 1.165) is 43.3 Å². The van der Waals surface area contributed by atoms with Crippen molar-refractivity contribution in [2.45, 2.75) is 44.8 Å². The second-order valence-corrected chi connectivity index (χ2v) is 6.99. The summed E-state index contributed by atoms with van der Waals surface area (Å²) in [5.74, 6) is 0. The van der Waals surface area contributed by atoms with Crippen LogP contribution >= 0.6 is 0 Å². The van der Waals surface area contributed by atoms with Crippen molar-refractivity contribution in [3.8, 4) is 0 Å². The first kappa shape index (κ1) is 13.5. The molecule has 1 saturated heterocycles. The Bertz CT molecular complexity index is 728. The number of hydrogen-bond acceptors (Lipinski definition) is 4. The van der Waals surface area contributed by atoms with E-state index in [1.54, 1.807) is 6.20 Å². The average molecular weight is 300 g/mol. The molecule has 1 aliphatic carbocycles. The Labute approximate surface area is 128 Å². The number of carbonyl (C=O) groups is 1. The molecule has 1 spiro atoms. The van der Waals surface area contributed by atoms with Crippen LogP contribution in [-0.2, 0) is 11.3 Å². The summed E-state index contributed by atoms with van der Waals surface area (Å²) in [4.78, 5) is 15.9. The van der Waals surface area contributed by atoms with Gasteiger partial charge in [0.05, 0.1) is 12.7 Å². The summed E-state index contributed by atoms with van der Waals surface area (Å²) in [5, 5.41) is 8.37. The van der Waals surface area contributed by atoms with E-state index in [2.05, 4.69) is 22.3 Å². The molecule has 2 aliphatic rings. The van der Waals surface area contributed by atoms with Gasteiger partial charge in [-0.25, -0.2) is 14.5 Å². The fraction of sp³-hybridized carbons (Fsp3) is 0.562. The molecule has 1 amide bonds. The van der Waals surface area contributed by atoms with E-state index in [1.165, 1.54) is 0 Å². The molecule has 3 heterocycles. The number of fused-ring (bicyclic) bond motifs is 1. The monoisotopic (exact) mass is 300 g/mol. The summed E-state index contributed by atoms with van der Waals surface area (Å²) < 4.78 is 7.58. The van der Waals surface area contributed by atoms with Gasteiger partial charge in [-0.2, -0.15) is 5.10 Å². The number of nitrogens with zero attached hydrogens (tertiary/aromatic N) is 3. The molecule has 1 aliphatic heterocycles. The lowest BCUT2D eigenvalue weighted by molar-refractivity contribution is -0.0275. The minimum Gasteiger partial charge on any atom is -0.441 e. The number of carbonyl (C=O) groups excluding carboxylic acids is 1. The van der Waals surface area contributed by atoms with Crippen LogP contribution in [0.2, 0.25) is 0 Å². The van der Waals surface area contributed by atoms with Crippen LogP contribution < -0.4 is 5.32 Å². The zero-order chi connectivity index (χ0) is 15.2. The molecule has 6 heteroatoms. The van der Waals surface area contributed by atoms with Gasteiger partial charge in [-0.1, -0.05) is 6.92 Å². The molecule has 116 valence electrons. The summed E-state index contributed by atoms with van der Waals surface area (Å²) >= 11 is 0. The molecule has 4 rings (SSSR count). The van der Waals surface area contributed by atoms with Crippen LogP contribution in [0.5, 0.6) is 0 Å². The molecular formula is C16H20N4O2. The maximum Gasteiger partial charge on any atom is 0.407 e. The third kappa shape index (κ3) is 2.23. The van der Waals surface area contributed by atoms with Crippen molar-refractivity contribution in [1.82, 2.24) is 20.1 Å². The Morgan fingerprint density at radius 1 is 1.45 bits per heavy atom. The van der Waals surface area contributed by atoms with Gasteiger partial charge in [-0.05, 0) is 43.2 Å². The van der Waals surface area contributed by atoms with Gasteiger partial charge in [-0.3, -0.25) is 0 Å². The summed E-state index contributed by atoms with van der Waals surface area (Å²) in [6.45, 7) is 3.68. The smallest absolute Gasteiger partial charge is 0.407 e. The molecule has 6 nitrogen and oxygen atoms in total. The number of hydrogen-bond donors (Lipinski definition) is 1. The predicted octanol–water partition coefficient (Wildman–Crippen LogP) is 2.49. The number of ether oxygens (including phenoxy) is 1. The maximum absolute atomic E-state index is 11.5. The highest BCUT2D eigenvalue weighted by Crippen LogP contribution is 2.45. The fourth-order valence-corrected chi connectivity index (χ4v) is 4.06. The standard InChI is InChI=1S/C16H20N4O2/c1-15(5-3-6-16(9-15)10-18-14(21)22-16)11-20-13-12(8-19-20)4-2-7-17-13/h2,4,7-8H,3,5-6,9-11H2,1H3,(H,18,21). The molecule has 0 bridgehead atoms. The molecular weight excluding hydrogens is 280 g/mol. The van der Waals surface area contributed by atoms with Crippen LogP contribution in [-0.4, -0.2) is 33.0 Å². The molecule has 2 fully saturated rings. The van der Waals surface area contributed by atoms with E-state index in [9.17, 15) is 4.79 Å². The molecule has 1 saturated carbocycles. The van der Waals surface area contributed by atoms with Crippen LogP contribution in [0.4, 0.5) is 4.79 Å². The van der Waals surface area contributed by atoms with E-state index in [0.29, 0.717) is 6.54 Å². The second-order valence-electron chi connectivity index (χ2n) is 6.99. The van der Waals surface area contributed by atoms with Crippen LogP contribution in [0.25, 0.3) is 11.0 Å². The van der Waals surface area contributed by atoms with Crippen molar-refractivity contribution in [3.63, 3.8) is 0 Å². The Hall–Kier alpha value is -2.11. The summed E-state index contributed by atoms with van der Waals surface area (Å²) in [6, 6.07) is 3.95.